The Kier molecular flexibility index (Phi) is 3.01. The number of aromatic nitrogens is 2. The third kappa shape index (κ3) is 2.97. The number of rotatable bonds is 3. The van der Waals surface area contributed by atoms with Gasteiger partial charge in [0, 0.05) is 6.20 Å². The van der Waals surface area contributed by atoms with Gasteiger partial charge in [0.1, 0.15) is 0 Å². The number of alkyl halides is 3. The van der Waals surface area contributed by atoms with E-state index < -0.39 is 24.6 Å². The molecule has 0 spiro atoms. The van der Waals surface area contributed by atoms with Gasteiger partial charge in [-0.05, 0) is 13.0 Å². The lowest BCUT2D eigenvalue weighted by atomic mass is 10.2. The summed E-state index contributed by atoms with van der Waals surface area (Å²) in [6.07, 6.45) is -4.52. The van der Waals surface area contributed by atoms with Crippen molar-refractivity contribution in [3.05, 3.63) is 18.0 Å². The van der Waals surface area contributed by atoms with Crippen molar-refractivity contribution in [2.45, 2.75) is 25.6 Å². The SMILES string of the molecule is Cc1ccn(C(CC(=O)O)C(F)(F)F)n1. The van der Waals surface area contributed by atoms with Crippen LogP contribution in [0.1, 0.15) is 18.2 Å². The summed E-state index contributed by atoms with van der Waals surface area (Å²) in [6, 6.07) is -0.718. The monoisotopic (exact) mass is 222 g/mol. The number of aliphatic carboxylic acids is 1. The highest BCUT2D eigenvalue weighted by Gasteiger charge is 2.42. The average molecular weight is 222 g/mol. The Labute approximate surface area is 83.3 Å². The van der Waals surface area contributed by atoms with Crippen molar-refractivity contribution in [3.8, 4) is 0 Å². The summed E-state index contributed by atoms with van der Waals surface area (Å²) >= 11 is 0. The van der Waals surface area contributed by atoms with Crippen molar-refractivity contribution in [2.24, 2.45) is 0 Å². The molecule has 1 N–H and O–H groups in total. The lowest BCUT2D eigenvalue weighted by molar-refractivity contribution is -0.179. The smallest absolute Gasteiger partial charge is 0.411 e. The Morgan fingerprint density at radius 3 is 2.60 bits per heavy atom. The first-order chi connectivity index (χ1) is 6.80. The van der Waals surface area contributed by atoms with Crippen LogP contribution in [0.3, 0.4) is 0 Å². The Morgan fingerprint density at radius 1 is 1.67 bits per heavy atom. The van der Waals surface area contributed by atoms with E-state index in [9.17, 15) is 18.0 Å². The normalized spacial score (nSPS) is 13.9. The predicted molar refractivity (Wildman–Crippen MR) is 44.3 cm³/mol. The number of hydrogen-bond donors (Lipinski definition) is 1. The minimum atomic E-state index is -4.61. The molecule has 0 fully saturated rings. The lowest BCUT2D eigenvalue weighted by Gasteiger charge is -2.18. The van der Waals surface area contributed by atoms with Crippen LogP contribution in [0.4, 0.5) is 13.2 Å². The highest BCUT2D eigenvalue weighted by Crippen LogP contribution is 2.32. The second-order valence-corrected chi connectivity index (χ2v) is 3.09. The lowest BCUT2D eigenvalue weighted by Crippen LogP contribution is -2.29. The first kappa shape index (κ1) is 11.5. The number of carboxylic acid groups (broad SMARTS) is 1. The summed E-state index contributed by atoms with van der Waals surface area (Å²) in [5.41, 5.74) is 0.412. The Hall–Kier alpha value is -1.53. The predicted octanol–water partition coefficient (Wildman–Crippen LogP) is 1.77. The number of carbonyl (C=O) groups is 1. The zero-order chi connectivity index (χ0) is 11.6. The summed E-state index contributed by atoms with van der Waals surface area (Å²) in [6.45, 7) is 1.53. The van der Waals surface area contributed by atoms with Crippen molar-refractivity contribution < 1.29 is 23.1 Å². The highest BCUT2D eigenvalue weighted by atomic mass is 19.4. The summed E-state index contributed by atoms with van der Waals surface area (Å²) in [7, 11) is 0. The number of halogens is 3. The van der Waals surface area contributed by atoms with Crippen molar-refractivity contribution in [2.75, 3.05) is 0 Å². The second kappa shape index (κ2) is 3.92. The zero-order valence-corrected chi connectivity index (χ0v) is 7.82. The number of carboxylic acids is 1. The second-order valence-electron chi connectivity index (χ2n) is 3.09. The van der Waals surface area contributed by atoms with Crippen molar-refractivity contribution in [1.29, 1.82) is 0 Å². The van der Waals surface area contributed by atoms with Gasteiger partial charge in [-0.1, -0.05) is 0 Å². The van der Waals surface area contributed by atoms with Crippen LogP contribution in [0.2, 0.25) is 0 Å². The van der Waals surface area contributed by atoms with Gasteiger partial charge in [-0.25, -0.2) is 0 Å². The fourth-order valence-electron chi connectivity index (χ4n) is 1.13. The van der Waals surface area contributed by atoms with Gasteiger partial charge in [0.15, 0.2) is 6.04 Å². The molecule has 1 rings (SSSR count). The van der Waals surface area contributed by atoms with Gasteiger partial charge in [-0.15, -0.1) is 0 Å². The maximum atomic E-state index is 12.5. The maximum Gasteiger partial charge on any atom is 0.411 e. The molecule has 4 nitrogen and oxygen atoms in total. The molecule has 0 aliphatic carbocycles. The molecule has 0 aromatic carbocycles. The van der Waals surface area contributed by atoms with Crippen LogP contribution in [0.5, 0.6) is 0 Å². The quantitative estimate of drug-likeness (QED) is 0.847. The molecule has 1 aromatic rings. The largest absolute Gasteiger partial charge is 0.481 e. The first-order valence-electron chi connectivity index (χ1n) is 4.11. The Morgan fingerprint density at radius 2 is 2.27 bits per heavy atom. The minimum Gasteiger partial charge on any atom is -0.481 e. The molecule has 0 aliphatic heterocycles. The molecule has 15 heavy (non-hydrogen) atoms. The topological polar surface area (TPSA) is 55.1 Å². The summed E-state index contributed by atoms with van der Waals surface area (Å²) in [5, 5.41) is 11.9. The number of nitrogens with zero attached hydrogens (tertiary/aromatic N) is 2. The van der Waals surface area contributed by atoms with E-state index in [1.54, 1.807) is 0 Å². The molecule has 84 valence electrons. The van der Waals surface area contributed by atoms with Gasteiger partial charge < -0.3 is 5.11 Å². The molecule has 0 radical (unpaired) electrons. The van der Waals surface area contributed by atoms with Gasteiger partial charge >= 0.3 is 12.1 Å². The van der Waals surface area contributed by atoms with Crippen LogP contribution in [0.15, 0.2) is 12.3 Å². The number of aryl methyl sites for hydroxylation is 1. The molecule has 0 saturated carbocycles. The summed E-state index contributed by atoms with van der Waals surface area (Å²) < 4.78 is 38.0. The Balaban J connectivity index is 2.96. The number of hydrogen-bond acceptors (Lipinski definition) is 2. The average Bonchev–Trinajstić information content (AvgIpc) is 2.45. The molecule has 1 unspecified atom stereocenters. The molecule has 0 saturated heterocycles. The third-order valence-corrected chi connectivity index (χ3v) is 1.81. The molecular formula is C8H9F3N2O2. The minimum absolute atomic E-state index is 0.412. The molecular weight excluding hydrogens is 213 g/mol. The molecule has 0 aliphatic rings. The van der Waals surface area contributed by atoms with Crippen molar-refractivity contribution in [3.63, 3.8) is 0 Å². The van der Waals surface area contributed by atoms with Crippen LogP contribution in [-0.2, 0) is 4.79 Å². The Bertz CT molecular complexity index is 359. The fourth-order valence-corrected chi connectivity index (χ4v) is 1.13. The van der Waals surface area contributed by atoms with E-state index in [1.165, 1.54) is 13.0 Å². The molecule has 1 heterocycles. The van der Waals surface area contributed by atoms with Crippen molar-refractivity contribution >= 4 is 5.97 Å². The summed E-state index contributed by atoms with van der Waals surface area (Å²) in [4.78, 5) is 10.3. The van der Waals surface area contributed by atoms with E-state index >= 15 is 0 Å². The van der Waals surface area contributed by atoms with Crippen LogP contribution >= 0.6 is 0 Å². The van der Waals surface area contributed by atoms with E-state index in [-0.39, 0.29) is 0 Å². The fraction of sp³-hybridized carbons (Fsp3) is 0.500. The molecule has 1 aromatic heterocycles. The van der Waals surface area contributed by atoms with E-state index in [1.807, 2.05) is 0 Å². The van der Waals surface area contributed by atoms with E-state index in [0.29, 0.717) is 10.4 Å². The van der Waals surface area contributed by atoms with Gasteiger partial charge in [0.2, 0.25) is 0 Å². The molecule has 7 heteroatoms. The zero-order valence-electron chi connectivity index (χ0n) is 7.82. The molecule has 0 amide bonds. The van der Waals surface area contributed by atoms with Crippen LogP contribution in [0.25, 0.3) is 0 Å². The van der Waals surface area contributed by atoms with Gasteiger partial charge in [-0.3, -0.25) is 9.48 Å². The maximum absolute atomic E-state index is 12.5. The van der Waals surface area contributed by atoms with E-state index in [0.717, 1.165) is 6.20 Å². The van der Waals surface area contributed by atoms with Gasteiger partial charge in [0.05, 0.1) is 12.1 Å². The van der Waals surface area contributed by atoms with E-state index in [4.69, 9.17) is 5.11 Å². The van der Waals surface area contributed by atoms with Gasteiger partial charge in [0.25, 0.3) is 0 Å². The summed E-state index contributed by atoms with van der Waals surface area (Å²) in [5.74, 6) is -1.51. The van der Waals surface area contributed by atoms with Crippen LogP contribution < -0.4 is 0 Å². The van der Waals surface area contributed by atoms with Gasteiger partial charge in [-0.2, -0.15) is 18.3 Å². The highest BCUT2D eigenvalue weighted by molar-refractivity contribution is 5.67. The van der Waals surface area contributed by atoms with Crippen molar-refractivity contribution in [1.82, 2.24) is 9.78 Å². The third-order valence-electron chi connectivity index (χ3n) is 1.81. The van der Waals surface area contributed by atoms with Crippen LogP contribution in [0, 0.1) is 6.92 Å². The standard InChI is InChI=1S/C8H9F3N2O2/c1-5-2-3-13(12-5)6(4-7(14)15)8(9,10)11/h2-3,6H,4H2,1H3,(H,14,15). The first-order valence-corrected chi connectivity index (χ1v) is 4.11. The van der Waals surface area contributed by atoms with E-state index in [2.05, 4.69) is 5.10 Å². The van der Waals surface area contributed by atoms with Crippen LogP contribution in [-0.4, -0.2) is 27.0 Å². The molecule has 0 bridgehead atoms. The molecule has 1 atom stereocenters.